The number of carbonyl (C=O) groups is 2. The van der Waals surface area contributed by atoms with Crippen LogP contribution in [0.25, 0.3) is 0 Å². The van der Waals surface area contributed by atoms with Crippen LogP contribution in [-0.4, -0.2) is 12.1 Å². The van der Waals surface area contributed by atoms with Crippen LogP contribution in [0.2, 0.25) is 0 Å². The second-order valence-electron chi connectivity index (χ2n) is 4.72. The molecule has 0 saturated carbocycles. The van der Waals surface area contributed by atoms with Crippen LogP contribution >= 0.6 is 0 Å². The quantitative estimate of drug-likeness (QED) is 0.606. The molecule has 0 aromatic rings. The average molecular weight is 170 g/mol. The summed E-state index contributed by atoms with van der Waals surface area (Å²) in [7, 11) is 0. The molecule has 0 aromatic heterocycles. The Morgan fingerprint density at radius 1 is 1.25 bits per heavy atom. The second kappa shape index (κ2) is 3.38. The first kappa shape index (κ1) is 11.3. The van der Waals surface area contributed by atoms with Crippen molar-refractivity contribution in [3.63, 3.8) is 0 Å². The van der Waals surface area contributed by atoms with E-state index >= 15 is 0 Å². The lowest BCUT2D eigenvalue weighted by molar-refractivity contribution is -0.127. The molecule has 0 bridgehead atoms. The van der Waals surface area contributed by atoms with E-state index in [1.165, 1.54) is 0 Å². The standard InChI is InChI=1S/C10H18O2/c1-8(12)10(4,5)6-9(2,3)7-11/h7H,6H2,1-5H3. The van der Waals surface area contributed by atoms with Gasteiger partial charge in [0, 0.05) is 10.8 Å². The zero-order valence-corrected chi connectivity index (χ0v) is 8.60. The van der Waals surface area contributed by atoms with Crippen LogP contribution in [0.4, 0.5) is 0 Å². The van der Waals surface area contributed by atoms with Gasteiger partial charge in [0.05, 0.1) is 0 Å². The summed E-state index contributed by atoms with van der Waals surface area (Å²) in [6.07, 6.45) is 1.52. The van der Waals surface area contributed by atoms with Crippen LogP contribution in [0.3, 0.4) is 0 Å². The van der Waals surface area contributed by atoms with Gasteiger partial charge in [-0.25, -0.2) is 0 Å². The van der Waals surface area contributed by atoms with Gasteiger partial charge in [0.2, 0.25) is 0 Å². The molecule has 0 radical (unpaired) electrons. The monoisotopic (exact) mass is 170 g/mol. The van der Waals surface area contributed by atoms with Gasteiger partial charge in [0.1, 0.15) is 12.1 Å². The summed E-state index contributed by atoms with van der Waals surface area (Å²) in [6.45, 7) is 9.03. The molecular weight excluding hydrogens is 152 g/mol. The molecule has 0 aliphatic carbocycles. The number of Topliss-reactive ketones (excluding diaryl/α,β-unsaturated/α-hetero) is 1. The topological polar surface area (TPSA) is 34.1 Å². The summed E-state index contributed by atoms with van der Waals surface area (Å²) in [5.41, 5.74) is -0.778. The molecule has 0 aliphatic heterocycles. The van der Waals surface area contributed by atoms with Gasteiger partial charge in [-0.05, 0) is 13.3 Å². The van der Waals surface area contributed by atoms with Gasteiger partial charge in [-0.15, -0.1) is 0 Å². The van der Waals surface area contributed by atoms with Crippen molar-refractivity contribution in [3.05, 3.63) is 0 Å². The van der Waals surface area contributed by atoms with Gasteiger partial charge in [-0.1, -0.05) is 27.7 Å². The predicted molar refractivity (Wildman–Crippen MR) is 48.9 cm³/mol. The Morgan fingerprint density at radius 3 is 1.92 bits per heavy atom. The molecule has 0 rings (SSSR count). The van der Waals surface area contributed by atoms with Crippen LogP contribution in [-0.2, 0) is 9.59 Å². The van der Waals surface area contributed by atoms with Crippen molar-refractivity contribution in [3.8, 4) is 0 Å². The lowest BCUT2D eigenvalue weighted by atomic mass is 9.74. The molecule has 0 aliphatic rings. The minimum Gasteiger partial charge on any atom is -0.303 e. The van der Waals surface area contributed by atoms with Crippen LogP contribution in [0, 0.1) is 10.8 Å². The highest BCUT2D eigenvalue weighted by Gasteiger charge is 2.31. The Bertz CT molecular complexity index is 190. The Kier molecular flexibility index (Phi) is 3.19. The van der Waals surface area contributed by atoms with Gasteiger partial charge in [0.25, 0.3) is 0 Å². The minimum absolute atomic E-state index is 0.137. The number of ketones is 1. The molecular formula is C10H18O2. The first-order valence-corrected chi connectivity index (χ1v) is 4.19. The molecule has 0 heterocycles. The van der Waals surface area contributed by atoms with Gasteiger partial charge >= 0.3 is 0 Å². The molecule has 0 amide bonds. The Labute approximate surface area is 74.3 Å². The molecule has 2 heteroatoms. The van der Waals surface area contributed by atoms with Crippen LogP contribution < -0.4 is 0 Å². The Balaban J connectivity index is 4.44. The third-order valence-electron chi connectivity index (χ3n) is 2.17. The molecule has 0 spiro atoms. The fourth-order valence-corrected chi connectivity index (χ4v) is 1.31. The molecule has 0 unspecified atom stereocenters. The van der Waals surface area contributed by atoms with E-state index in [0.29, 0.717) is 6.42 Å². The molecule has 12 heavy (non-hydrogen) atoms. The molecule has 0 saturated heterocycles. The normalized spacial score (nSPS) is 12.8. The number of rotatable bonds is 4. The summed E-state index contributed by atoms with van der Waals surface area (Å²) in [5.74, 6) is 0.137. The third-order valence-corrected chi connectivity index (χ3v) is 2.17. The highest BCUT2D eigenvalue weighted by atomic mass is 16.1. The summed E-state index contributed by atoms with van der Waals surface area (Å²) in [4.78, 5) is 21.8. The smallest absolute Gasteiger partial charge is 0.135 e. The molecule has 0 atom stereocenters. The van der Waals surface area contributed by atoms with Crippen molar-refractivity contribution >= 4 is 12.1 Å². The van der Waals surface area contributed by atoms with E-state index in [-0.39, 0.29) is 11.2 Å². The van der Waals surface area contributed by atoms with Crippen molar-refractivity contribution in [2.45, 2.75) is 41.0 Å². The maximum absolute atomic E-state index is 11.1. The summed E-state index contributed by atoms with van der Waals surface area (Å²) < 4.78 is 0. The molecule has 70 valence electrons. The molecule has 0 aromatic carbocycles. The SMILES string of the molecule is CC(=O)C(C)(C)CC(C)(C)C=O. The zero-order chi connectivity index (χ0) is 9.99. The maximum atomic E-state index is 11.1. The van der Waals surface area contributed by atoms with E-state index in [1.807, 2.05) is 27.7 Å². The van der Waals surface area contributed by atoms with Crippen molar-refractivity contribution in [1.82, 2.24) is 0 Å². The van der Waals surface area contributed by atoms with E-state index in [9.17, 15) is 9.59 Å². The van der Waals surface area contributed by atoms with Crippen molar-refractivity contribution < 1.29 is 9.59 Å². The minimum atomic E-state index is -0.394. The van der Waals surface area contributed by atoms with Crippen LogP contribution in [0.5, 0.6) is 0 Å². The fraction of sp³-hybridized carbons (Fsp3) is 0.800. The summed E-state index contributed by atoms with van der Waals surface area (Å²) >= 11 is 0. The molecule has 0 fully saturated rings. The number of aldehydes is 1. The fourth-order valence-electron chi connectivity index (χ4n) is 1.31. The van der Waals surface area contributed by atoms with E-state index in [4.69, 9.17) is 0 Å². The first-order chi connectivity index (χ1) is 5.21. The van der Waals surface area contributed by atoms with E-state index in [2.05, 4.69) is 0 Å². The zero-order valence-electron chi connectivity index (χ0n) is 8.60. The van der Waals surface area contributed by atoms with Gasteiger partial charge in [0.15, 0.2) is 0 Å². The number of carbonyl (C=O) groups excluding carboxylic acids is 2. The summed E-state index contributed by atoms with van der Waals surface area (Å²) in [6, 6.07) is 0. The molecule has 0 N–H and O–H groups in total. The van der Waals surface area contributed by atoms with Gasteiger partial charge in [-0.3, -0.25) is 4.79 Å². The van der Waals surface area contributed by atoms with Crippen LogP contribution in [0.1, 0.15) is 41.0 Å². The highest BCUT2D eigenvalue weighted by molar-refractivity contribution is 5.82. The second-order valence-corrected chi connectivity index (χ2v) is 4.72. The van der Waals surface area contributed by atoms with E-state index < -0.39 is 5.41 Å². The third kappa shape index (κ3) is 3.16. The molecule has 2 nitrogen and oxygen atoms in total. The lowest BCUT2D eigenvalue weighted by Gasteiger charge is -2.28. The largest absolute Gasteiger partial charge is 0.303 e. The van der Waals surface area contributed by atoms with Crippen molar-refractivity contribution in [2.75, 3.05) is 0 Å². The highest BCUT2D eigenvalue weighted by Crippen LogP contribution is 2.32. The number of hydrogen-bond acceptors (Lipinski definition) is 2. The van der Waals surface area contributed by atoms with E-state index in [0.717, 1.165) is 6.29 Å². The lowest BCUT2D eigenvalue weighted by Crippen LogP contribution is -2.29. The first-order valence-electron chi connectivity index (χ1n) is 4.19. The predicted octanol–water partition coefficient (Wildman–Crippen LogP) is 2.22. The maximum Gasteiger partial charge on any atom is 0.135 e. The Hall–Kier alpha value is -0.660. The van der Waals surface area contributed by atoms with Crippen LogP contribution in [0.15, 0.2) is 0 Å². The van der Waals surface area contributed by atoms with Gasteiger partial charge in [-0.2, -0.15) is 0 Å². The van der Waals surface area contributed by atoms with Gasteiger partial charge < -0.3 is 4.79 Å². The van der Waals surface area contributed by atoms with Crippen molar-refractivity contribution in [2.24, 2.45) is 10.8 Å². The Morgan fingerprint density at radius 2 is 1.67 bits per heavy atom. The summed E-state index contributed by atoms with van der Waals surface area (Å²) in [5, 5.41) is 0. The van der Waals surface area contributed by atoms with Crippen molar-refractivity contribution in [1.29, 1.82) is 0 Å². The average Bonchev–Trinajstić information content (AvgIpc) is 1.85. The van der Waals surface area contributed by atoms with E-state index in [1.54, 1.807) is 6.92 Å². The number of hydrogen-bond donors (Lipinski definition) is 0.